The highest BCUT2D eigenvalue weighted by Gasteiger charge is 2.29. The quantitative estimate of drug-likeness (QED) is 0.366. The average Bonchev–Trinajstić information content (AvgIpc) is 2.81. The minimum Gasteiger partial charge on any atom is -0.355 e. The summed E-state index contributed by atoms with van der Waals surface area (Å²) >= 11 is 0. The van der Waals surface area contributed by atoms with Crippen molar-refractivity contribution in [2.75, 3.05) is 30.8 Å². The molecule has 2 N–H and O–H groups in total. The van der Waals surface area contributed by atoms with E-state index in [0.717, 1.165) is 54.0 Å². The van der Waals surface area contributed by atoms with Gasteiger partial charge in [0.2, 0.25) is 0 Å². The summed E-state index contributed by atoms with van der Waals surface area (Å²) in [6.45, 7) is 9.07. The van der Waals surface area contributed by atoms with Crippen molar-refractivity contribution in [2.24, 2.45) is 0 Å². The fourth-order valence-electron chi connectivity index (χ4n) is 4.46. The number of likely N-dealkylation sites (tertiary alicyclic amines) is 1. The van der Waals surface area contributed by atoms with Crippen LogP contribution in [0.25, 0.3) is 0 Å². The maximum atomic E-state index is 15.0. The number of hydrogen-bond acceptors (Lipinski definition) is 6. The first-order chi connectivity index (χ1) is 17.4. The number of nitrogens with one attached hydrogen (secondary N) is 2. The fourth-order valence-corrected chi connectivity index (χ4v) is 5.51. The fraction of sp³-hybridized carbons (Fsp3) is 0.414. The van der Waals surface area contributed by atoms with Crippen molar-refractivity contribution in [1.82, 2.24) is 9.88 Å². The molecule has 1 aliphatic heterocycles. The maximum Gasteiger partial charge on any atom is 0.159 e. The van der Waals surface area contributed by atoms with Gasteiger partial charge in [0, 0.05) is 29.3 Å². The predicted molar refractivity (Wildman–Crippen MR) is 150 cm³/mol. The van der Waals surface area contributed by atoms with Gasteiger partial charge in [-0.1, -0.05) is 18.2 Å². The van der Waals surface area contributed by atoms with Crippen LogP contribution in [0.5, 0.6) is 0 Å². The molecule has 6 nitrogen and oxygen atoms in total. The summed E-state index contributed by atoms with van der Waals surface area (Å²) in [5.41, 5.74) is 4.71. The number of sulfone groups is 1. The molecule has 1 saturated heterocycles. The number of benzene rings is 2. The van der Waals surface area contributed by atoms with Gasteiger partial charge >= 0.3 is 0 Å². The van der Waals surface area contributed by atoms with Gasteiger partial charge in [0.05, 0.1) is 10.5 Å². The Bertz CT molecular complexity index is 1360. The standard InChI is InChI=1S/C29H37FN4O2S/c1-20-18-31-28(33-24-9-10-25(26(30)16-24)22-11-13-34(5)14-12-22)17-27(20)32-23-8-6-7-21(15-23)19-37(35,36)29(2,3)4/h6-10,15-18,22H,11-14,19H2,1-5H3,(H2,31,32,33). The monoisotopic (exact) mass is 524 g/mol. The number of hydrogen-bond donors (Lipinski definition) is 2. The molecule has 37 heavy (non-hydrogen) atoms. The van der Waals surface area contributed by atoms with Crippen LogP contribution in [0.4, 0.5) is 27.3 Å². The number of halogens is 1. The molecular weight excluding hydrogens is 487 g/mol. The lowest BCUT2D eigenvalue weighted by atomic mass is 9.89. The van der Waals surface area contributed by atoms with Crippen molar-refractivity contribution in [1.29, 1.82) is 0 Å². The van der Waals surface area contributed by atoms with E-state index in [9.17, 15) is 12.8 Å². The minimum absolute atomic E-state index is 0.0206. The Morgan fingerprint density at radius 3 is 2.41 bits per heavy atom. The normalized spacial score (nSPS) is 15.5. The Kier molecular flexibility index (Phi) is 7.90. The van der Waals surface area contributed by atoms with Gasteiger partial charge in [-0.3, -0.25) is 0 Å². The molecular formula is C29H37FN4O2S. The minimum atomic E-state index is -3.29. The SMILES string of the molecule is Cc1cnc(Nc2ccc(C3CCN(C)CC3)c(F)c2)cc1Nc1cccc(CS(=O)(=O)C(C)(C)C)c1. The molecule has 0 amide bonds. The molecule has 8 heteroatoms. The number of aryl methyl sites for hydroxylation is 1. The van der Waals surface area contributed by atoms with Crippen LogP contribution in [0.3, 0.4) is 0 Å². The molecule has 0 aliphatic carbocycles. The third-order valence-corrected chi connectivity index (χ3v) is 9.61. The number of nitrogens with zero attached hydrogens (tertiary/aromatic N) is 2. The Morgan fingerprint density at radius 1 is 1.03 bits per heavy atom. The third kappa shape index (κ3) is 6.67. The van der Waals surface area contributed by atoms with Crippen molar-refractivity contribution in [3.63, 3.8) is 0 Å². The van der Waals surface area contributed by atoms with Gasteiger partial charge in [0.15, 0.2) is 9.84 Å². The number of anilines is 4. The molecule has 0 spiro atoms. The van der Waals surface area contributed by atoms with E-state index in [2.05, 4.69) is 27.6 Å². The van der Waals surface area contributed by atoms with Crippen LogP contribution in [0.15, 0.2) is 54.7 Å². The number of aromatic nitrogens is 1. The Morgan fingerprint density at radius 2 is 1.73 bits per heavy atom. The summed E-state index contributed by atoms with van der Waals surface area (Å²) in [6, 6.07) is 14.6. The van der Waals surface area contributed by atoms with Crippen molar-refractivity contribution >= 4 is 32.7 Å². The van der Waals surface area contributed by atoms with Crippen LogP contribution in [0, 0.1) is 12.7 Å². The van der Waals surface area contributed by atoms with E-state index in [4.69, 9.17) is 0 Å². The van der Waals surface area contributed by atoms with Gasteiger partial charge < -0.3 is 15.5 Å². The van der Waals surface area contributed by atoms with Gasteiger partial charge in [0.25, 0.3) is 0 Å². The van der Waals surface area contributed by atoms with E-state index in [1.165, 1.54) is 0 Å². The summed E-state index contributed by atoms with van der Waals surface area (Å²) in [5, 5.41) is 6.59. The highest BCUT2D eigenvalue weighted by Crippen LogP contribution is 2.32. The molecule has 1 aromatic heterocycles. The molecule has 2 heterocycles. The van der Waals surface area contributed by atoms with E-state index in [0.29, 0.717) is 11.5 Å². The van der Waals surface area contributed by atoms with Crippen molar-refractivity contribution in [3.8, 4) is 0 Å². The summed E-state index contributed by atoms with van der Waals surface area (Å²) < 4.78 is 39.4. The first kappa shape index (κ1) is 27.1. The molecule has 198 valence electrons. The molecule has 1 fully saturated rings. The first-order valence-electron chi connectivity index (χ1n) is 12.7. The summed E-state index contributed by atoms with van der Waals surface area (Å²) in [6.07, 6.45) is 3.69. The van der Waals surface area contributed by atoms with E-state index in [1.807, 2.05) is 49.4 Å². The van der Waals surface area contributed by atoms with E-state index in [-0.39, 0.29) is 17.5 Å². The second kappa shape index (κ2) is 10.8. The number of pyridine rings is 1. The molecule has 0 unspecified atom stereocenters. The smallest absolute Gasteiger partial charge is 0.159 e. The third-order valence-electron chi connectivity index (χ3n) is 7.03. The van der Waals surface area contributed by atoms with Crippen molar-refractivity contribution in [3.05, 3.63) is 77.2 Å². The van der Waals surface area contributed by atoms with Crippen LogP contribution in [-0.2, 0) is 15.6 Å². The molecule has 0 saturated carbocycles. The lowest BCUT2D eigenvalue weighted by Crippen LogP contribution is -2.29. The Hall–Kier alpha value is -2.97. The van der Waals surface area contributed by atoms with E-state index >= 15 is 0 Å². The zero-order chi connectivity index (χ0) is 26.8. The molecule has 0 atom stereocenters. The lowest BCUT2D eigenvalue weighted by Gasteiger charge is -2.29. The van der Waals surface area contributed by atoms with Crippen molar-refractivity contribution < 1.29 is 12.8 Å². The van der Waals surface area contributed by atoms with Crippen LogP contribution >= 0.6 is 0 Å². The number of piperidine rings is 1. The largest absolute Gasteiger partial charge is 0.355 e. The zero-order valence-corrected chi connectivity index (χ0v) is 23.1. The summed E-state index contributed by atoms with van der Waals surface area (Å²) in [5.74, 6) is 0.638. The second-order valence-corrected chi connectivity index (χ2v) is 13.8. The molecule has 3 aromatic rings. The second-order valence-electron chi connectivity index (χ2n) is 11.0. The van der Waals surface area contributed by atoms with Crippen LogP contribution in [0.2, 0.25) is 0 Å². The van der Waals surface area contributed by atoms with Gasteiger partial charge in [-0.15, -0.1) is 0 Å². The molecule has 2 aromatic carbocycles. The summed E-state index contributed by atoms with van der Waals surface area (Å²) in [4.78, 5) is 6.74. The Labute approximate surface area is 220 Å². The molecule has 0 radical (unpaired) electrons. The highest BCUT2D eigenvalue weighted by molar-refractivity contribution is 7.91. The van der Waals surface area contributed by atoms with E-state index < -0.39 is 14.6 Å². The molecule has 1 aliphatic rings. The topological polar surface area (TPSA) is 74.3 Å². The zero-order valence-electron chi connectivity index (χ0n) is 22.3. The molecule has 0 bridgehead atoms. The van der Waals surface area contributed by atoms with Gasteiger partial charge in [-0.2, -0.15) is 0 Å². The van der Waals surface area contributed by atoms with Gasteiger partial charge in [-0.25, -0.2) is 17.8 Å². The van der Waals surface area contributed by atoms with Gasteiger partial charge in [-0.05, 0) is 108 Å². The highest BCUT2D eigenvalue weighted by atomic mass is 32.2. The predicted octanol–water partition coefficient (Wildman–Crippen LogP) is 6.54. The van der Waals surface area contributed by atoms with Gasteiger partial charge in [0.1, 0.15) is 11.6 Å². The maximum absolute atomic E-state index is 15.0. The number of rotatable bonds is 7. The molecule has 4 rings (SSSR count). The Balaban J connectivity index is 1.48. The van der Waals surface area contributed by atoms with Crippen LogP contribution in [-0.4, -0.2) is 43.2 Å². The lowest BCUT2D eigenvalue weighted by molar-refractivity contribution is 0.253. The van der Waals surface area contributed by atoms with Crippen molar-refractivity contribution in [2.45, 2.75) is 57.0 Å². The van der Waals surface area contributed by atoms with Crippen LogP contribution < -0.4 is 10.6 Å². The average molecular weight is 525 g/mol. The summed E-state index contributed by atoms with van der Waals surface area (Å²) in [7, 11) is -1.18. The van der Waals surface area contributed by atoms with E-state index in [1.54, 1.807) is 33.0 Å². The first-order valence-corrected chi connectivity index (χ1v) is 14.4. The van der Waals surface area contributed by atoms with Crippen LogP contribution in [0.1, 0.15) is 56.2 Å².